The lowest BCUT2D eigenvalue weighted by atomic mass is 9.93. The first kappa shape index (κ1) is 14.9. The molecule has 108 valence electrons. The van der Waals surface area contributed by atoms with E-state index in [1.165, 1.54) is 17.1 Å². The average molecular weight is 281 g/mol. The SMILES string of the molecule is CC(C)[C@@H]1NCCC1NCc1nc(C(C)(C)C)cs1. The van der Waals surface area contributed by atoms with Crippen LogP contribution in [0.25, 0.3) is 0 Å². The lowest BCUT2D eigenvalue weighted by molar-refractivity contribution is 0.365. The predicted octanol–water partition coefficient (Wildman–Crippen LogP) is 2.92. The number of nitrogens with zero attached hydrogens (tertiary/aromatic N) is 1. The first-order valence-corrected chi connectivity index (χ1v) is 8.17. The summed E-state index contributed by atoms with van der Waals surface area (Å²) in [6.45, 7) is 13.3. The van der Waals surface area contributed by atoms with Crippen molar-refractivity contribution in [3.63, 3.8) is 0 Å². The average Bonchev–Trinajstić information content (AvgIpc) is 2.94. The van der Waals surface area contributed by atoms with E-state index in [1.807, 2.05) is 0 Å². The molecule has 1 aliphatic heterocycles. The summed E-state index contributed by atoms with van der Waals surface area (Å²) < 4.78 is 0. The molecule has 4 heteroatoms. The Bertz CT molecular complexity index is 406. The van der Waals surface area contributed by atoms with Gasteiger partial charge in [0.05, 0.1) is 5.69 Å². The topological polar surface area (TPSA) is 37.0 Å². The minimum absolute atomic E-state index is 0.157. The van der Waals surface area contributed by atoms with Crippen molar-refractivity contribution in [2.24, 2.45) is 5.92 Å². The molecular formula is C15H27N3S. The molecule has 19 heavy (non-hydrogen) atoms. The highest BCUT2D eigenvalue weighted by atomic mass is 32.1. The second-order valence-corrected chi connectivity index (χ2v) is 7.82. The molecule has 0 radical (unpaired) electrons. The van der Waals surface area contributed by atoms with Crippen LogP contribution in [0.4, 0.5) is 0 Å². The van der Waals surface area contributed by atoms with E-state index >= 15 is 0 Å². The van der Waals surface area contributed by atoms with Crippen LogP contribution in [-0.4, -0.2) is 23.6 Å². The fraction of sp³-hybridized carbons (Fsp3) is 0.800. The molecule has 3 nitrogen and oxygen atoms in total. The van der Waals surface area contributed by atoms with E-state index in [0.717, 1.165) is 13.1 Å². The third-order valence-corrected chi connectivity index (χ3v) is 4.67. The van der Waals surface area contributed by atoms with Gasteiger partial charge in [0.1, 0.15) is 5.01 Å². The molecule has 1 aromatic heterocycles. The molecule has 1 unspecified atom stereocenters. The Labute approximate surface area is 121 Å². The smallest absolute Gasteiger partial charge is 0.107 e. The molecular weight excluding hydrogens is 254 g/mol. The van der Waals surface area contributed by atoms with Crippen LogP contribution in [0.5, 0.6) is 0 Å². The Kier molecular flexibility index (Phi) is 4.64. The number of nitrogens with one attached hydrogen (secondary N) is 2. The first-order chi connectivity index (χ1) is 8.88. The Morgan fingerprint density at radius 3 is 2.79 bits per heavy atom. The van der Waals surface area contributed by atoms with Crippen LogP contribution in [0.3, 0.4) is 0 Å². The molecule has 2 rings (SSSR count). The number of hydrogen-bond acceptors (Lipinski definition) is 4. The Morgan fingerprint density at radius 1 is 1.47 bits per heavy atom. The quantitative estimate of drug-likeness (QED) is 0.891. The largest absolute Gasteiger partial charge is 0.312 e. The third kappa shape index (κ3) is 3.77. The first-order valence-electron chi connectivity index (χ1n) is 7.29. The molecule has 2 N–H and O–H groups in total. The number of thiazole rings is 1. The highest BCUT2D eigenvalue weighted by molar-refractivity contribution is 7.09. The molecule has 2 heterocycles. The lowest BCUT2D eigenvalue weighted by Crippen LogP contribution is -2.43. The maximum absolute atomic E-state index is 4.75. The van der Waals surface area contributed by atoms with Crippen molar-refractivity contribution in [2.75, 3.05) is 6.54 Å². The minimum atomic E-state index is 0.157. The summed E-state index contributed by atoms with van der Waals surface area (Å²) in [5.41, 5.74) is 1.36. The van der Waals surface area contributed by atoms with Gasteiger partial charge >= 0.3 is 0 Å². The standard InChI is InChI=1S/C15H27N3S/c1-10(2)14-11(6-7-16-14)17-8-13-18-12(9-19-13)15(3,4)5/h9-11,14,16-17H,6-8H2,1-5H3/t11?,14-/m0/s1. The van der Waals surface area contributed by atoms with E-state index in [2.05, 4.69) is 50.6 Å². The predicted molar refractivity (Wildman–Crippen MR) is 82.7 cm³/mol. The van der Waals surface area contributed by atoms with Gasteiger partial charge < -0.3 is 10.6 Å². The van der Waals surface area contributed by atoms with E-state index in [0.29, 0.717) is 18.0 Å². The third-order valence-electron chi connectivity index (χ3n) is 3.82. The molecule has 0 bridgehead atoms. The highest BCUT2D eigenvalue weighted by Crippen LogP contribution is 2.24. The Morgan fingerprint density at radius 2 is 2.21 bits per heavy atom. The molecule has 1 aliphatic rings. The molecule has 0 saturated carbocycles. The van der Waals surface area contributed by atoms with Gasteiger partial charge in [0.15, 0.2) is 0 Å². The van der Waals surface area contributed by atoms with Crippen molar-refractivity contribution in [1.29, 1.82) is 0 Å². The molecule has 2 atom stereocenters. The second kappa shape index (κ2) is 5.90. The molecule has 1 fully saturated rings. The van der Waals surface area contributed by atoms with Crippen molar-refractivity contribution < 1.29 is 0 Å². The highest BCUT2D eigenvalue weighted by Gasteiger charge is 2.28. The van der Waals surface area contributed by atoms with Gasteiger partial charge in [0.2, 0.25) is 0 Å². The van der Waals surface area contributed by atoms with Gasteiger partial charge in [-0.2, -0.15) is 0 Å². The van der Waals surface area contributed by atoms with Crippen molar-refractivity contribution in [3.8, 4) is 0 Å². The van der Waals surface area contributed by atoms with E-state index in [1.54, 1.807) is 11.3 Å². The van der Waals surface area contributed by atoms with Crippen molar-refractivity contribution >= 4 is 11.3 Å². The second-order valence-electron chi connectivity index (χ2n) is 6.88. The Hall–Kier alpha value is -0.450. The molecule has 1 saturated heterocycles. The van der Waals surface area contributed by atoms with Crippen LogP contribution in [0.2, 0.25) is 0 Å². The minimum Gasteiger partial charge on any atom is -0.312 e. The summed E-state index contributed by atoms with van der Waals surface area (Å²) in [5, 5.41) is 10.7. The monoisotopic (exact) mass is 281 g/mol. The van der Waals surface area contributed by atoms with Crippen LogP contribution in [0.15, 0.2) is 5.38 Å². The van der Waals surface area contributed by atoms with Crippen molar-refractivity contribution in [1.82, 2.24) is 15.6 Å². The van der Waals surface area contributed by atoms with E-state index in [4.69, 9.17) is 4.98 Å². The van der Waals surface area contributed by atoms with Gasteiger partial charge in [0.25, 0.3) is 0 Å². The van der Waals surface area contributed by atoms with Gasteiger partial charge in [-0.05, 0) is 18.9 Å². The molecule has 0 aromatic carbocycles. The summed E-state index contributed by atoms with van der Waals surface area (Å²) in [7, 11) is 0. The fourth-order valence-corrected chi connectivity index (χ4v) is 3.58. The molecule has 0 amide bonds. The van der Waals surface area contributed by atoms with E-state index in [-0.39, 0.29) is 5.41 Å². The van der Waals surface area contributed by atoms with Gasteiger partial charge in [-0.25, -0.2) is 4.98 Å². The zero-order valence-electron chi connectivity index (χ0n) is 12.8. The maximum atomic E-state index is 4.75. The van der Waals surface area contributed by atoms with Crippen molar-refractivity contribution in [2.45, 2.75) is 65.1 Å². The molecule has 0 spiro atoms. The van der Waals surface area contributed by atoms with Crippen LogP contribution in [-0.2, 0) is 12.0 Å². The number of rotatable bonds is 4. The number of aromatic nitrogens is 1. The van der Waals surface area contributed by atoms with E-state index < -0.39 is 0 Å². The summed E-state index contributed by atoms with van der Waals surface area (Å²) in [6, 6.07) is 1.18. The molecule has 1 aromatic rings. The van der Waals surface area contributed by atoms with Gasteiger partial charge in [-0.15, -0.1) is 11.3 Å². The van der Waals surface area contributed by atoms with Crippen molar-refractivity contribution in [3.05, 3.63) is 16.1 Å². The Balaban J connectivity index is 1.90. The van der Waals surface area contributed by atoms with Gasteiger partial charge in [-0.1, -0.05) is 34.6 Å². The lowest BCUT2D eigenvalue weighted by Gasteiger charge is -2.23. The maximum Gasteiger partial charge on any atom is 0.107 e. The zero-order valence-corrected chi connectivity index (χ0v) is 13.6. The fourth-order valence-electron chi connectivity index (χ4n) is 2.61. The van der Waals surface area contributed by atoms with E-state index in [9.17, 15) is 0 Å². The van der Waals surface area contributed by atoms with Crippen LogP contribution >= 0.6 is 11.3 Å². The summed E-state index contributed by atoms with van der Waals surface area (Å²) in [5.74, 6) is 0.682. The zero-order chi connectivity index (χ0) is 14.0. The van der Waals surface area contributed by atoms with Gasteiger partial charge in [0, 0.05) is 29.4 Å². The van der Waals surface area contributed by atoms with Crippen LogP contribution in [0.1, 0.15) is 51.7 Å². The summed E-state index contributed by atoms with van der Waals surface area (Å²) >= 11 is 1.78. The molecule has 0 aliphatic carbocycles. The normalized spacial score (nSPS) is 24.3. The number of hydrogen-bond donors (Lipinski definition) is 2. The van der Waals surface area contributed by atoms with Gasteiger partial charge in [-0.3, -0.25) is 0 Å². The summed E-state index contributed by atoms with van der Waals surface area (Å²) in [6.07, 6.45) is 1.22. The van der Waals surface area contributed by atoms with Crippen LogP contribution < -0.4 is 10.6 Å². The van der Waals surface area contributed by atoms with Crippen LogP contribution in [0, 0.1) is 5.92 Å². The summed E-state index contributed by atoms with van der Waals surface area (Å²) in [4.78, 5) is 4.75.